The Balaban J connectivity index is 1.81. The molecule has 1 atom stereocenters. The van der Waals surface area contributed by atoms with Crippen molar-refractivity contribution in [2.45, 2.75) is 38.0 Å². The molecule has 1 saturated carbocycles. The number of carbonyl (C=O) groups is 1. The van der Waals surface area contributed by atoms with Crippen molar-refractivity contribution in [2.24, 2.45) is 11.3 Å². The Hall–Kier alpha value is -1.64. The molecule has 1 aliphatic heterocycles. The highest BCUT2D eigenvalue weighted by Crippen LogP contribution is 2.58. The monoisotopic (exact) mass is 394 g/mol. The van der Waals surface area contributed by atoms with Gasteiger partial charge >= 0.3 is 0 Å². The Labute approximate surface area is 161 Å². The largest absolute Gasteiger partial charge is 0.386 e. The molecule has 1 aromatic carbocycles. The summed E-state index contributed by atoms with van der Waals surface area (Å²) >= 11 is 0. The number of carbonyl (C=O) groups excluding carboxylic acids is 1. The molecule has 27 heavy (non-hydrogen) atoms. The second-order valence-electron chi connectivity index (χ2n) is 7.41. The van der Waals surface area contributed by atoms with Crippen LogP contribution >= 0.6 is 0 Å². The molecule has 0 aromatic heterocycles. The third kappa shape index (κ3) is 3.83. The number of hydrogen-bond donors (Lipinski definition) is 3. The summed E-state index contributed by atoms with van der Waals surface area (Å²) in [5.74, 6) is 0.0122. The number of piperidine rings is 1. The summed E-state index contributed by atoms with van der Waals surface area (Å²) in [6.07, 6.45) is 2.98. The molecule has 1 aliphatic carbocycles. The molecule has 1 heterocycles. The lowest BCUT2D eigenvalue weighted by Crippen LogP contribution is -2.32. The van der Waals surface area contributed by atoms with Gasteiger partial charge in [0.05, 0.1) is 16.3 Å². The van der Waals surface area contributed by atoms with Gasteiger partial charge in [0.1, 0.15) is 0 Å². The van der Waals surface area contributed by atoms with Crippen molar-refractivity contribution < 1.29 is 13.2 Å². The fraction of sp³-hybridized carbons (Fsp3) is 0.632. The molecular formula is C19H30N4O3S. The van der Waals surface area contributed by atoms with Crippen LogP contribution in [-0.2, 0) is 14.8 Å². The zero-order chi connectivity index (χ0) is 19.7. The number of hydrogen-bond acceptors (Lipinski definition) is 5. The molecule has 1 spiro atoms. The van der Waals surface area contributed by atoms with Crippen molar-refractivity contribution in [1.82, 2.24) is 9.62 Å². The highest BCUT2D eigenvalue weighted by atomic mass is 32.2. The molecular weight excluding hydrogens is 364 g/mol. The summed E-state index contributed by atoms with van der Waals surface area (Å²) in [6, 6.07) is 4.86. The Kier molecular flexibility index (Phi) is 5.79. The molecule has 3 N–H and O–H groups in total. The van der Waals surface area contributed by atoms with Crippen molar-refractivity contribution in [3.8, 4) is 0 Å². The van der Waals surface area contributed by atoms with E-state index in [1.54, 1.807) is 25.2 Å². The van der Waals surface area contributed by atoms with E-state index < -0.39 is 10.0 Å². The molecule has 0 bridgehead atoms. The average molecular weight is 395 g/mol. The van der Waals surface area contributed by atoms with E-state index in [1.807, 2.05) is 13.8 Å². The van der Waals surface area contributed by atoms with E-state index in [0.717, 1.165) is 32.4 Å². The van der Waals surface area contributed by atoms with Crippen molar-refractivity contribution in [3.05, 3.63) is 18.2 Å². The Morgan fingerprint density at radius 2 is 1.89 bits per heavy atom. The van der Waals surface area contributed by atoms with Crippen molar-refractivity contribution in [2.75, 3.05) is 43.9 Å². The van der Waals surface area contributed by atoms with E-state index >= 15 is 0 Å². The van der Waals surface area contributed by atoms with Crippen LogP contribution < -0.4 is 16.0 Å². The third-order valence-electron chi connectivity index (χ3n) is 5.97. The van der Waals surface area contributed by atoms with Gasteiger partial charge in [-0.15, -0.1) is 0 Å². The fourth-order valence-corrected chi connectivity index (χ4v) is 5.62. The maximum atomic E-state index is 12.8. The number of anilines is 2. The summed E-state index contributed by atoms with van der Waals surface area (Å²) in [4.78, 5) is 13.0. The Morgan fingerprint density at radius 1 is 1.22 bits per heavy atom. The van der Waals surface area contributed by atoms with Gasteiger partial charge in [0.25, 0.3) is 0 Å². The average Bonchev–Trinajstić information content (AvgIpc) is 3.36. The van der Waals surface area contributed by atoms with Crippen LogP contribution in [-0.4, -0.2) is 51.9 Å². The quantitative estimate of drug-likeness (QED) is 0.659. The van der Waals surface area contributed by atoms with Gasteiger partial charge in [0.15, 0.2) is 0 Å². The van der Waals surface area contributed by atoms with Gasteiger partial charge in [-0.2, -0.15) is 4.31 Å². The van der Waals surface area contributed by atoms with Crippen molar-refractivity contribution >= 4 is 27.3 Å². The van der Waals surface area contributed by atoms with Crippen molar-refractivity contribution in [3.63, 3.8) is 0 Å². The van der Waals surface area contributed by atoms with Gasteiger partial charge in [-0.05, 0) is 56.0 Å². The van der Waals surface area contributed by atoms with Crippen LogP contribution in [0, 0.1) is 11.3 Å². The highest BCUT2D eigenvalue weighted by molar-refractivity contribution is 7.89. The van der Waals surface area contributed by atoms with Gasteiger partial charge in [-0.3, -0.25) is 4.79 Å². The summed E-state index contributed by atoms with van der Waals surface area (Å²) in [5.41, 5.74) is 1.37. The Morgan fingerprint density at radius 3 is 2.48 bits per heavy atom. The molecule has 8 heteroatoms. The maximum absolute atomic E-state index is 12.8. The number of benzene rings is 1. The van der Waals surface area contributed by atoms with Gasteiger partial charge in [-0.1, -0.05) is 13.8 Å². The SMILES string of the molecule is CCN(CC)S(=O)(=O)c1ccc(NC)c(NC(=O)C2CC23CCNCC3)c1. The van der Waals surface area contributed by atoms with Gasteiger partial charge < -0.3 is 16.0 Å². The molecule has 150 valence electrons. The summed E-state index contributed by atoms with van der Waals surface area (Å²) in [5, 5.41) is 9.35. The number of sulfonamides is 1. The van der Waals surface area contributed by atoms with Crippen LogP contribution in [0.25, 0.3) is 0 Å². The topological polar surface area (TPSA) is 90.5 Å². The Bertz CT molecular complexity index is 799. The zero-order valence-corrected chi connectivity index (χ0v) is 17.2. The van der Waals surface area contributed by atoms with Crippen LogP contribution in [0.15, 0.2) is 23.1 Å². The standard InChI is InChI=1S/C19H30N4O3S/c1-4-23(5-2)27(25,26)14-6-7-16(20-3)17(12-14)22-18(24)15-13-19(15)8-10-21-11-9-19/h6-7,12,15,20-21H,4-5,8-11,13H2,1-3H3,(H,22,24). The molecule has 2 aliphatic rings. The molecule has 1 amide bonds. The van der Waals surface area contributed by atoms with E-state index in [-0.39, 0.29) is 22.1 Å². The van der Waals surface area contributed by atoms with E-state index in [2.05, 4.69) is 16.0 Å². The van der Waals surface area contributed by atoms with E-state index in [9.17, 15) is 13.2 Å². The molecule has 3 rings (SSSR count). The van der Waals surface area contributed by atoms with Gasteiger partial charge in [-0.25, -0.2) is 8.42 Å². The highest BCUT2D eigenvalue weighted by Gasteiger charge is 2.57. The lowest BCUT2D eigenvalue weighted by Gasteiger charge is -2.23. The summed E-state index contributed by atoms with van der Waals surface area (Å²) in [6.45, 7) is 6.38. The van der Waals surface area contributed by atoms with Crippen molar-refractivity contribution in [1.29, 1.82) is 0 Å². The van der Waals surface area contributed by atoms with Crippen LogP contribution in [0.5, 0.6) is 0 Å². The first kappa shape index (κ1) is 20.1. The van der Waals surface area contributed by atoms with Gasteiger partial charge in [0, 0.05) is 26.1 Å². The lowest BCUT2D eigenvalue weighted by atomic mass is 9.92. The van der Waals surface area contributed by atoms with E-state index in [4.69, 9.17) is 0 Å². The smallest absolute Gasteiger partial charge is 0.243 e. The number of nitrogens with one attached hydrogen (secondary N) is 3. The predicted octanol–water partition coefficient (Wildman–Crippen LogP) is 2.09. The zero-order valence-electron chi connectivity index (χ0n) is 16.3. The van der Waals surface area contributed by atoms with E-state index in [1.165, 1.54) is 4.31 Å². The fourth-order valence-electron chi connectivity index (χ4n) is 4.13. The first-order valence-electron chi connectivity index (χ1n) is 9.71. The maximum Gasteiger partial charge on any atom is 0.243 e. The lowest BCUT2D eigenvalue weighted by molar-refractivity contribution is -0.118. The minimum Gasteiger partial charge on any atom is -0.386 e. The van der Waals surface area contributed by atoms with Crippen LogP contribution in [0.1, 0.15) is 33.1 Å². The summed E-state index contributed by atoms with van der Waals surface area (Å²) < 4.78 is 27.0. The predicted molar refractivity (Wildman–Crippen MR) is 107 cm³/mol. The number of nitrogens with zero attached hydrogens (tertiary/aromatic N) is 1. The normalized spacial score (nSPS) is 21.3. The van der Waals surface area contributed by atoms with Crippen LogP contribution in [0.4, 0.5) is 11.4 Å². The minimum absolute atomic E-state index is 0.00853. The third-order valence-corrected chi connectivity index (χ3v) is 8.01. The molecule has 7 nitrogen and oxygen atoms in total. The van der Waals surface area contributed by atoms with Gasteiger partial charge in [0.2, 0.25) is 15.9 Å². The molecule has 2 fully saturated rings. The summed E-state index contributed by atoms with van der Waals surface area (Å²) in [7, 11) is -1.81. The first-order chi connectivity index (χ1) is 12.9. The first-order valence-corrected chi connectivity index (χ1v) is 11.2. The number of rotatable bonds is 7. The molecule has 1 unspecified atom stereocenters. The molecule has 0 radical (unpaired) electrons. The van der Waals surface area contributed by atoms with Crippen LogP contribution in [0.3, 0.4) is 0 Å². The second-order valence-corrected chi connectivity index (χ2v) is 9.34. The molecule has 1 aromatic rings. The van der Waals surface area contributed by atoms with Crippen LogP contribution in [0.2, 0.25) is 0 Å². The molecule has 1 saturated heterocycles. The second kappa shape index (κ2) is 7.77. The number of amides is 1. The van der Waals surface area contributed by atoms with E-state index in [0.29, 0.717) is 24.5 Å². The minimum atomic E-state index is -3.57.